The van der Waals surface area contributed by atoms with E-state index in [9.17, 15) is 4.79 Å². The minimum Gasteiger partial charge on any atom is -0.468 e. The fourth-order valence-electron chi connectivity index (χ4n) is 3.02. The van der Waals surface area contributed by atoms with Gasteiger partial charge in [-0.05, 0) is 31.2 Å². The molecule has 1 aromatic carbocycles. The molecule has 1 aliphatic heterocycles. The molecule has 6 heteroatoms. The summed E-state index contributed by atoms with van der Waals surface area (Å²) in [6.07, 6.45) is 1.69. The average molecular weight is 338 g/mol. The van der Waals surface area contributed by atoms with Gasteiger partial charge >= 0.3 is 0 Å². The molecule has 0 spiro atoms. The lowest BCUT2D eigenvalue weighted by molar-refractivity contribution is -0.121. The predicted molar refractivity (Wildman–Crippen MR) is 94.8 cm³/mol. The van der Waals surface area contributed by atoms with Crippen molar-refractivity contribution in [2.45, 2.75) is 19.5 Å². The number of carbonyl (C=O) groups excluding carboxylic acids is 1. The molecule has 0 bridgehead atoms. The van der Waals surface area contributed by atoms with Crippen molar-refractivity contribution in [3.63, 3.8) is 0 Å². The monoisotopic (exact) mass is 338 g/mol. The van der Waals surface area contributed by atoms with Gasteiger partial charge in [-0.25, -0.2) is 0 Å². The van der Waals surface area contributed by atoms with Crippen molar-refractivity contribution in [3.05, 3.63) is 54.0 Å². The molecule has 1 aromatic heterocycles. The van der Waals surface area contributed by atoms with Gasteiger partial charge in [0.2, 0.25) is 5.91 Å². The first-order valence-corrected chi connectivity index (χ1v) is 8.46. The first-order valence-electron chi connectivity index (χ1n) is 8.46. The molecule has 1 amide bonds. The maximum Gasteiger partial charge on any atom is 0.241 e. The van der Waals surface area contributed by atoms with Crippen LogP contribution in [0, 0.1) is 11.3 Å². The second kappa shape index (κ2) is 7.97. The van der Waals surface area contributed by atoms with Crippen molar-refractivity contribution >= 4 is 11.6 Å². The highest BCUT2D eigenvalue weighted by atomic mass is 16.3. The van der Waals surface area contributed by atoms with Crippen LogP contribution >= 0.6 is 0 Å². The zero-order valence-corrected chi connectivity index (χ0v) is 14.3. The summed E-state index contributed by atoms with van der Waals surface area (Å²) in [7, 11) is 0. The molecule has 2 aromatic rings. The van der Waals surface area contributed by atoms with Gasteiger partial charge < -0.3 is 9.73 Å². The van der Waals surface area contributed by atoms with Crippen LogP contribution in [0.5, 0.6) is 0 Å². The largest absolute Gasteiger partial charge is 0.468 e. The Morgan fingerprint density at radius 1 is 1.24 bits per heavy atom. The molecule has 0 unspecified atom stereocenters. The highest BCUT2D eigenvalue weighted by Crippen LogP contribution is 2.16. The zero-order chi connectivity index (χ0) is 17.6. The van der Waals surface area contributed by atoms with Crippen molar-refractivity contribution in [2.24, 2.45) is 0 Å². The Hall–Kier alpha value is -2.62. The lowest BCUT2D eigenvalue weighted by Gasteiger charge is -2.37. The lowest BCUT2D eigenvalue weighted by atomic mass is 10.1. The molecule has 6 nitrogen and oxygen atoms in total. The molecular formula is C19H22N4O2. The van der Waals surface area contributed by atoms with Crippen molar-refractivity contribution in [2.75, 3.05) is 31.5 Å². The van der Waals surface area contributed by atoms with E-state index in [0.29, 0.717) is 11.3 Å². The van der Waals surface area contributed by atoms with Crippen molar-refractivity contribution in [1.82, 2.24) is 9.80 Å². The van der Waals surface area contributed by atoms with E-state index in [1.165, 1.54) is 0 Å². The third-order valence-electron chi connectivity index (χ3n) is 4.60. The van der Waals surface area contributed by atoms with E-state index in [1.807, 2.05) is 25.1 Å². The molecular weight excluding hydrogens is 316 g/mol. The number of anilines is 1. The highest BCUT2D eigenvalue weighted by Gasteiger charge is 2.26. The maximum atomic E-state index is 12.5. The van der Waals surface area contributed by atoms with Crippen LogP contribution < -0.4 is 5.32 Å². The van der Waals surface area contributed by atoms with E-state index in [4.69, 9.17) is 9.68 Å². The molecule has 1 N–H and O–H groups in total. The smallest absolute Gasteiger partial charge is 0.241 e. The minimum atomic E-state index is -0.238. The van der Waals surface area contributed by atoms with Gasteiger partial charge in [0.05, 0.1) is 30.1 Å². The number of amides is 1. The minimum absolute atomic E-state index is 0.0813. The number of hydrogen-bond donors (Lipinski definition) is 1. The number of para-hydroxylation sites is 1. The van der Waals surface area contributed by atoms with Crippen molar-refractivity contribution in [1.29, 1.82) is 5.26 Å². The summed E-state index contributed by atoms with van der Waals surface area (Å²) < 4.78 is 5.39. The Bertz CT molecular complexity index is 743. The number of nitriles is 1. The van der Waals surface area contributed by atoms with Gasteiger partial charge in [0.25, 0.3) is 0 Å². The van der Waals surface area contributed by atoms with Gasteiger partial charge in [-0.2, -0.15) is 5.26 Å². The maximum absolute atomic E-state index is 12.5. The van der Waals surface area contributed by atoms with Gasteiger partial charge in [0.15, 0.2) is 0 Å². The molecule has 0 radical (unpaired) electrons. The third-order valence-corrected chi connectivity index (χ3v) is 4.60. The standard InChI is InChI=1S/C19H22N4O2/c1-15(19(24)21-18-7-3-2-5-16(18)13-20)23-10-8-22(9-11-23)14-17-6-4-12-25-17/h2-7,12,15H,8-11,14H2,1H3,(H,21,24)/t15-/m1/s1. The van der Waals surface area contributed by atoms with Crippen LogP contribution in [0.15, 0.2) is 47.1 Å². The van der Waals surface area contributed by atoms with Gasteiger partial charge in [0.1, 0.15) is 11.8 Å². The van der Waals surface area contributed by atoms with Gasteiger partial charge in [-0.1, -0.05) is 12.1 Å². The van der Waals surface area contributed by atoms with E-state index < -0.39 is 0 Å². The Morgan fingerprint density at radius 3 is 2.68 bits per heavy atom. The SMILES string of the molecule is C[C@H](C(=O)Nc1ccccc1C#N)N1CCN(Cc2ccco2)CC1. The molecule has 1 atom stereocenters. The van der Waals surface area contributed by atoms with E-state index >= 15 is 0 Å². The van der Waals surface area contributed by atoms with E-state index in [-0.39, 0.29) is 11.9 Å². The molecule has 0 aliphatic carbocycles. The number of rotatable bonds is 5. The number of benzene rings is 1. The molecule has 25 heavy (non-hydrogen) atoms. The fraction of sp³-hybridized carbons (Fsp3) is 0.368. The number of carbonyl (C=O) groups is 1. The summed E-state index contributed by atoms with van der Waals surface area (Å²) in [5.41, 5.74) is 1.05. The Kier molecular flexibility index (Phi) is 5.49. The third kappa shape index (κ3) is 4.27. The van der Waals surface area contributed by atoms with Crippen molar-refractivity contribution in [3.8, 4) is 6.07 Å². The van der Waals surface area contributed by atoms with Crippen LogP contribution in [-0.4, -0.2) is 47.9 Å². The summed E-state index contributed by atoms with van der Waals surface area (Å²) in [5, 5.41) is 12.0. The Balaban J connectivity index is 1.52. The number of furan rings is 1. The average Bonchev–Trinajstić information content (AvgIpc) is 3.15. The van der Waals surface area contributed by atoms with Crippen LogP contribution in [0.4, 0.5) is 5.69 Å². The topological polar surface area (TPSA) is 72.5 Å². The van der Waals surface area contributed by atoms with E-state index in [0.717, 1.165) is 38.5 Å². The predicted octanol–water partition coefficient (Wildman–Crippen LogP) is 2.30. The van der Waals surface area contributed by atoms with Crippen LogP contribution in [0.1, 0.15) is 18.2 Å². The van der Waals surface area contributed by atoms with Crippen LogP contribution in [-0.2, 0) is 11.3 Å². The molecule has 130 valence electrons. The molecule has 0 saturated carbocycles. The molecule has 2 heterocycles. The van der Waals surface area contributed by atoms with Crippen molar-refractivity contribution < 1.29 is 9.21 Å². The second-order valence-electron chi connectivity index (χ2n) is 6.21. The van der Waals surface area contributed by atoms with Gasteiger partial charge in [0, 0.05) is 26.2 Å². The first kappa shape index (κ1) is 17.2. The van der Waals surface area contributed by atoms with Crippen LogP contribution in [0.3, 0.4) is 0 Å². The first-order chi connectivity index (χ1) is 12.2. The number of piperazine rings is 1. The lowest BCUT2D eigenvalue weighted by Crippen LogP contribution is -2.52. The Labute approximate surface area is 147 Å². The van der Waals surface area contributed by atoms with E-state index in [1.54, 1.807) is 24.5 Å². The molecule has 1 aliphatic rings. The molecule has 3 rings (SSSR count). The zero-order valence-electron chi connectivity index (χ0n) is 14.3. The van der Waals surface area contributed by atoms with Crippen LogP contribution in [0.25, 0.3) is 0 Å². The summed E-state index contributed by atoms with van der Waals surface area (Å²) >= 11 is 0. The second-order valence-corrected chi connectivity index (χ2v) is 6.21. The molecule has 1 fully saturated rings. The quantitative estimate of drug-likeness (QED) is 0.906. The number of nitrogens with zero attached hydrogens (tertiary/aromatic N) is 3. The highest BCUT2D eigenvalue weighted by molar-refractivity contribution is 5.95. The van der Waals surface area contributed by atoms with Crippen LogP contribution in [0.2, 0.25) is 0 Å². The summed E-state index contributed by atoms with van der Waals surface area (Å²) in [4.78, 5) is 17.0. The van der Waals surface area contributed by atoms with Gasteiger partial charge in [-0.3, -0.25) is 14.6 Å². The molecule has 1 saturated heterocycles. The summed E-state index contributed by atoms with van der Waals surface area (Å²) in [6, 6.07) is 12.8. The summed E-state index contributed by atoms with van der Waals surface area (Å²) in [5.74, 6) is 0.884. The number of nitrogens with one attached hydrogen (secondary N) is 1. The van der Waals surface area contributed by atoms with E-state index in [2.05, 4.69) is 21.2 Å². The summed E-state index contributed by atoms with van der Waals surface area (Å²) in [6.45, 7) is 6.16. The number of hydrogen-bond acceptors (Lipinski definition) is 5. The van der Waals surface area contributed by atoms with Gasteiger partial charge in [-0.15, -0.1) is 0 Å². The Morgan fingerprint density at radius 2 is 2.00 bits per heavy atom. The fourth-order valence-corrected chi connectivity index (χ4v) is 3.02. The normalized spacial score (nSPS) is 17.0.